The highest BCUT2D eigenvalue weighted by Gasteiger charge is 2.15. The van der Waals surface area contributed by atoms with Gasteiger partial charge in [0.15, 0.2) is 23.5 Å². The lowest BCUT2D eigenvalue weighted by Gasteiger charge is -2.15. The molecule has 3 rings (SSSR count). The molecule has 3 N–H and O–H groups in total. The molecule has 0 bridgehead atoms. The first-order chi connectivity index (χ1) is 14.5. The van der Waals surface area contributed by atoms with E-state index >= 15 is 0 Å². The van der Waals surface area contributed by atoms with Crippen molar-refractivity contribution in [1.29, 1.82) is 0 Å². The van der Waals surface area contributed by atoms with Gasteiger partial charge in [-0.3, -0.25) is 4.79 Å². The van der Waals surface area contributed by atoms with Crippen LogP contribution in [0, 0.1) is 12.7 Å². The summed E-state index contributed by atoms with van der Waals surface area (Å²) in [4.78, 5) is 16.3. The summed E-state index contributed by atoms with van der Waals surface area (Å²) in [5.41, 5.74) is 1.08. The van der Waals surface area contributed by atoms with E-state index in [2.05, 4.69) is 31.1 Å². The van der Waals surface area contributed by atoms with Gasteiger partial charge in [-0.2, -0.15) is 0 Å². The maximum atomic E-state index is 13.6. The molecule has 0 radical (unpaired) electrons. The molecule has 3 aromatic rings. The number of aryl methyl sites for hydroxylation is 1. The first kappa shape index (κ1) is 21.0. The maximum absolute atomic E-state index is 13.6. The van der Waals surface area contributed by atoms with Gasteiger partial charge in [-0.15, -0.1) is 10.2 Å². The van der Waals surface area contributed by atoms with Crippen LogP contribution in [0.25, 0.3) is 0 Å². The van der Waals surface area contributed by atoms with Crippen LogP contribution in [-0.4, -0.2) is 40.3 Å². The van der Waals surface area contributed by atoms with Gasteiger partial charge in [0.05, 0.1) is 0 Å². The van der Waals surface area contributed by atoms with Crippen LogP contribution in [-0.2, 0) is 4.79 Å². The largest absolute Gasteiger partial charge is 0.478 e. The maximum Gasteiger partial charge on any atom is 0.260 e. The predicted molar refractivity (Wildman–Crippen MR) is 112 cm³/mol. The molecule has 1 unspecified atom stereocenters. The van der Waals surface area contributed by atoms with Crippen molar-refractivity contribution in [2.75, 3.05) is 23.7 Å². The molecule has 2 aromatic heterocycles. The van der Waals surface area contributed by atoms with E-state index in [0.717, 1.165) is 5.56 Å². The fourth-order valence-electron chi connectivity index (χ4n) is 2.47. The molecule has 30 heavy (non-hydrogen) atoms. The number of pyridine rings is 1. The van der Waals surface area contributed by atoms with E-state index in [1.807, 2.05) is 19.1 Å². The van der Waals surface area contributed by atoms with E-state index < -0.39 is 11.9 Å². The second kappa shape index (κ2) is 10.1. The number of hydrogen-bond acceptors (Lipinski definition) is 7. The van der Waals surface area contributed by atoms with Crippen molar-refractivity contribution in [3.8, 4) is 5.75 Å². The zero-order valence-electron chi connectivity index (χ0n) is 16.7. The van der Waals surface area contributed by atoms with Gasteiger partial charge >= 0.3 is 0 Å². The lowest BCUT2D eigenvalue weighted by molar-refractivity contribution is -0.127. The number of halogens is 1. The summed E-state index contributed by atoms with van der Waals surface area (Å²) in [5, 5.41) is 17.0. The number of benzene rings is 1. The first-order valence-corrected chi connectivity index (χ1v) is 9.47. The van der Waals surface area contributed by atoms with Crippen LogP contribution in [0.2, 0.25) is 0 Å². The highest BCUT2D eigenvalue weighted by molar-refractivity contribution is 5.80. The average Bonchev–Trinajstić information content (AvgIpc) is 2.75. The van der Waals surface area contributed by atoms with Gasteiger partial charge < -0.3 is 20.7 Å². The number of carbonyl (C=O) groups excluding carboxylic acids is 1. The Bertz CT molecular complexity index is 966. The zero-order chi connectivity index (χ0) is 21.3. The van der Waals surface area contributed by atoms with Crippen LogP contribution in [0.4, 0.5) is 21.8 Å². The summed E-state index contributed by atoms with van der Waals surface area (Å²) in [5.74, 6) is 1.03. The van der Waals surface area contributed by atoms with Gasteiger partial charge in [0.1, 0.15) is 11.6 Å². The molecule has 0 aliphatic rings. The van der Waals surface area contributed by atoms with E-state index in [4.69, 9.17) is 4.74 Å². The van der Waals surface area contributed by atoms with Crippen molar-refractivity contribution in [2.24, 2.45) is 0 Å². The molecule has 1 aromatic carbocycles. The topological polar surface area (TPSA) is 101 Å². The molecular weight excluding hydrogens is 387 g/mol. The minimum absolute atomic E-state index is 0.0445. The Balaban J connectivity index is 1.39. The minimum atomic E-state index is -0.817. The number of aromatic nitrogens is 3. The summed E-state index contributed by atoms with van der Waals surface area (Å²) >= 11 is 0. The quantitative estimate of drug-likeness (QED) is 0.466. The molecule has 0 fully saturated rings. The highest BCUT2D eigenvalue weighted by Crippen LogP contribution is 2.17. The third kappa shape index (κ3) is 6.13. The number of nitrogens with zero attached hydrogens (tertiary/aromatic N) is 3. The molecule has 1 amide bonds. The fourth-order valence-corrected chi connectivity index (χ4v) is 2.47. The smallest absolute Gasteiger partial charge is 0.260 e. The minimum Gasteiger partial charge on any atom is -0.478 e. The molecule has 156 valence electrons. The van der Waals surface area contributed by atoms with E-state index in [1.165, 1.54) is 12.1 Å². The Labute approximate surface area is 173 Å². The van der Waals surface area contributed by atoms with Gasteiger partial charge in [0.25, 0.3) is 5.91 Å². The van der Waals surface area contributed by atoms with E-state index in [1.54, 1.807) is 37.4 Å². The normalized spacial score (nSPS) is 11.4. The van der Waals surface area contributed by atoms with Gasteiger partial charge in [-0.25, -0.2) is 9.37 Å². The van der Waals surface area contributed by atoms with Crippen LogP contribution >= 0.6 is 0 Å². The van der Waals surface area contributed by atoms with Crippen molar-refractivity contribution in [1.82, 2.24) is 20.5 Å². The Morgan fingerprint density at radius 3 is 2.47 bits per heavy atom. The number of anilines is 3. The van der Waals surface area contributed by atoms with Crippen molar-refractivity contribution in [3.63, 3.8) is 0 Å². The molecule has 8 nitrogen and oxygen atoms in total. The fraction of sp³-hybridized carbons (Fsp3) is 0.238. The number of para-hydroxylation sites is 1. The van der Waals surface area contributed by atoms with Crippen molar-refractivity contribution >= 4 is 23.4 Å². The second-order valence-electron chi connectivity index (χ2n) is 6.56. The van der Waals surface area contributed by atoms with Gasteiger partial charge in [0, 0.05) is 19.3 Å². The molecule has 0 saturated carbocycles. The van der Waals surface area contributed by atoms with Crippen molar-refractivity contribution in [3.05, 3.63) is 66.1 Å². The summed E-state index contributed by atoms with van der Waals surface area (Å²) in [6.45, 7) is 4.32. The van der Waals surface area contributed by atoms with Gasteiger partial charge in [-0.05, 0) is 49.7 Å². The number of nitrogens with one attached hydrogen (secondary N) is 3. The van der Waals surface area contributed by atoms with Gasteiger partial charge in [0.2, 0.25) is 0 Å². The summed E-state index contributed by atoms with van der Waals surface area (Å²) in [6.07, 6.45) is 0.949. The molecule has 0 aliphatic carbocycles. The first-order valence-electron chi connectivity index (χ1n) is 9.47. The standard InChI is InChI=1S/C21H23FN6O2/c1-14-7-8-18(25-13-14)26-20-10-9-19(27-28-20)23-11-12-24-21(29)15(2)30-17-6-4-3-5-16(17)22/h3-10,13,15H,11-12H2,1-2H3,(H,23,27)(H,24,29)(H,25,26,28). The molecule has 0 aliphatic heterocycles. The predicted octanol–water partition coefficient (Wildman–Crippen LogP) is 3.06. The highest BCUT2D eigenvalue weighted by atomic mass is 19.1. The molecule has 1 atom stereocenters. The average molecular weight is 410 g/mol. The lowest BCUT2D eigenvalue weighted by Crippen LogP contribution is -2.38. The SMILES string of the molecule is Cc1ccc(Nc2ccc(NCCNC(=O)C(C)Oc3ccccc3F)nn2)nc1. The molecule has 0 saturated heterocycles. The number of hydrogen-bond donors (Lipinski definition) is 3. The third-order valence-electron chi connectivity index (χ3n) is 4.07. The number of ether oxygens (including phenoxy) is 1. The number of amides is 1. The van der Waals surface area contributed by atoms with Crippen LogP contribution in [0.15, 0.2) is 54.7 Å². The number of rotatable bonds is 9. The van der Waals surface area contributed by atoms with Crippen molar-refractivity contribution in [2.45, 2.75) is 20.0 Å². The summed E-state index contributed by atoms with van der Waals surface area (Å²) in [6, 6.07) is 13.3. The van der Waals surface area contributed by atoms with Gasteiger partial charge in [-0.1, -0.05) is 18.2 Å². The lowest BCUT2D eigenvalue weighted by atomic mass is 10.3. The Hall–Kier alpha value is -3.75. The summed E-state index contributed by atoms with van der Waals surface area (Å²) in [7, 11) is 0. The van der Waals surface area contributed by atoms with Crippen LogP contribution in [0.3, 0.4) is 0 Å². The zero-order valence-corrected chi connectivity index (χ0v) is 16.7. The van der Waals surface area contributed by atoms with E-state index in [-0.39, 0.29) is 11.7 Å². The second-order valence-corrected chi connectivity index (χ2v) is 6.56. The third-order valence-corrected chi connectivity index (χ3v) is 4.07. The molecule has 9 heteroatoms. The summed E-state index contributed by atoms with van der Waals surface area (Å²) < 4.78 is 18.9. The van der Waals surface area contributed by atoms with Crippen LogP contribution in [0.5, 0.6) is 5.75 Å². The van der Waals surface area contributed by atoms with Crippen LogP contribution < -0.4 is 20.7 Å². The number of carbonyl (C=O) groups is 1. The van der Waals surface area contributed by atoms with E-state index in [9.17, 15) is 9.18 Å². The Morgan fingerprint density at radius 2 is 1.77 bits per heavy atom. The Kier molecular flexibility index (Phi) is 7.09. The van der Waals surface area contributed by atoms with E-state index in [0.29, 0.717) is 30.5 Å². The molecule has 0 spiro atoms. The Morgan fingerprint density at radius 1 is 1.03 bits per heavy atom. The molecule has 2 heterocycles. The molecular formula is C21H23FN6O2. The van der Waals surface area contributed by atoms with Crippen molar-refractivity contribution < 1.29 is 13.9 Å². The van der Waals surface area contributed by atoms with Crippen LogP contribution in [0.1, 0.15) is 12.5 Å². The monoisotopic (exact) mass is 410 g/mol.